The monoisotopic (exact) mass is 251 g/mol. The van der Waals surface area contributed by atoms with Gasteiger partial charge in [0.25, 0.3) is 5.91 Å². The summed E-state index contributed by atoms with van der Waals surface area (Å²) >= 11 is 0. The number of hydrogen-bond acceptors (Lipinski definition) is 3. The minimum absolute atomic E-state index is 0.447. The predicted molar refractivity (Wildman–Crippen MR) is 70.9 cm³/mol. The maximum Gasteiger partial charge on any atom is 0.252 e. The number of benzene rings is 1. The fraction of sp³-hybridized carbons (Fsp3) is 0.500. The van der Waals surface area contributed by atoms with Gasteiger partial charge in [0.2, 0.25) is 0 Å². The fourth-order valence-electron chi connectivity index (χ4n) is 1.75. The SMILES string of the molecule is CCc1cccc(C(N)=O)c1OCCCCOC. The Morgan fingerprint density at radius 2 is 2.00 bits per heavy atom. The highest BCUT2D eigenvalue weighted by Gasteiger charge is 2.12. The molecule has 0 radical (unpaired) electrons. The van der Waals surface area contributed by atoms with Crippen LogP contribution in [0.15, 0.2) is 18.2 Å². The Hall–Kier alpha value is -1.55. The molecule has 0 atom stereocenters. The summed E-state index contributed by atoms with van der Waals surface area (Å²) in [6.45, 7) is 3.32. The Morgan fingerprint density at radius 3 is 2.61 bits per heavy atom. The number of primary amides is 1. The molecule has 4 heteroatoms. The van der Waals surface area contributed by atoms with Crippen LogP contribution in [-0.4, -0.2) is 26.2 Å². The van der Waals surface area contributed by atoms with Crippen LogP contribution in [0.25, 0.3) is 0 Å². The number of amides is 1. The summed E-state index contributed by atoms with van der Waals surface area (Å²) in [7, 11) is 1.68. The zero-order valence-electron chi connectivity index (χ0n) is 11.1. The maximum atomic E-state index is 11.3. The Balaban J connectivity index is 2.69. The molecule has 0 heterocycles. The third-order valence-electron chi connectivity index (χ3n) is 2.73. The predicted octanol–water partition coefficient (Wildman–Crippen LogP) is 2.15. The number of rotatable bonds is 8. The lowest BCUT2D eigenvalue weighted by Gasteiger charge is -2.13. The van der Waals surface area contributed by atoms with E-state index in [1.165, 1.54) is 0 Å². The van der Waals surface area contributed by atoms with Gasteiger partial charge in [-0.3, -0.25) is 4.79 Å². The van der Waals surface area contributed by atoms with Crippen LogP contribution < -0.4 is 10.5 Å². The van der Waals surface area contributed by atoms with Crippen molar-refractivity contribution in [1.82, 2.24) is 0 Å². The summed E-state index contributed by atoms with van der Waals surface area (Å²) in [5, 5.41) is 0. The molecule has 1 amide bonds. The third kappa shape index (κ3) is 4.04. The number of methoxy groups -OCH3 is 1. The molecule has 1 aromatic rings. The van der Waals surface area contributed by atoms with E-state index in [-0.39, 0.29) is 0 Å². The quantitative estimate of drug-likeness (QED) is 0.720. The molecule has 100 valence electrons. The number of nitrogens with two attached hydrogens (primary N) is 1. The Bertz CT molecular complexity index is 391. The number of unbranched alkanes of at least 4 members (excludes halogenated alkanes) is 1. The molecule has 18 heavy (non-hydrogen) atoms. The minimum Gasteiger partial charge on any atom is -0.492 e. The second-order valence-electron chi connectivity index (χ2n) is 4.06. The van der Waals surface area contributed by atoms with Crippen molar-refractivity contribution in [3.8, 4) is 5.75 Å². The van der Waals surface area contributed by atoms with Crippen LogP contribution in [0, 0.1) is 0 Å². The normalized spacial score (nSPS) is 10.3. The molecule has 0 aliphatic rings. The number of hydrogen-bond donors (Lipinski definition) is 1. The number of carbonyl (C=O) groups excluding carboxylic acids is 1. The van der Waals surface area contributed by atoms with Gasteiger partial charge in [-0.1, -0.05) is 19.1 Å². The van der Waals surface area contributed by atoms with E-state index in [0.717, 1.165) is 31.4 Å². The standard InChI is InChI=1S/C14H21NO3/c1-3-11-7-6-8-12(14(15)16)13(11)18-10-5-4-9-17-2/h6-8H,3-5,9-10H2,1-2H3,(H2,15,16). The van der Waals surface area contributed by atoms with Crippen molar-refractivity contribution in [2.24, 2.45) is 5.73 Å². The van der Waals surface area contributed by atoms with Gasteiger partial charge < -0.3 is 15.2 Å². The summed E-state index contributed by atoms with van der Waals surface area (Å²) in [5.74, 6) is 0.183. The molecule has 1 rings (SSSR count). The first-order valence-electron chi connectivity index (χ1n) is 6.24. The van der Waals surface area contributed by atoms with Gasteiger partial charge in [0.05, 0.1) is 12.2 Å². The zero-order chi connectivity index (χ0) is 13.4. The van der Waals surface area contributed by atoms with Crippen LogP contribution >= 0.6 is 0 Å². The number of para-hydroxylation sites is 1. The van der Waals surface area contributed by atoms with Crippen LogP contribution in [-0.2, 0) is 11.2 Å². The molecule has 0 fully saturated rings. The first-order valence-corrected chi connectivity index (χ1v) is 6.24. The molecule has 0 aliphatic carbocycles. The molecule has 0 saturated carbocycles. The van der Waals surface area contributed by atoms with Gasteiger partial charge in [-0.05, 0) is 30.9 Å². The second kappa shape index (κ2) is 7.71. The molecule has 0 bridgehead atoms. The van der Waals surface area contributed by atoms with E-state index in [9.17, 15) is 4.79 Å². The average Bonchev–Trinajstić information content (AvgIpc) is 2.38. The second-order valence-corrected chi connectivity index (χ2v) is 4.06. The summed E-state index contributed by atoms with van der Waals surface area (Å²) in [5.41, 5.74) is 6.82. The van der Waals surface area contributed by atoms with Gasteiger partial charge >= 0.3 is 0 Å². The van der Waals surface area contributed by atoms with Crippen LogP contribution in [0.2, 0.25) is 0 Å². The lowest BCUT2D eigenvalue weighted by molar-refractivity contribution is 0.0995. The lowest BCUT2D eigenvalue weighted by atomic mass is 10.1. The van der Waals surface area contributed by atoms with Crippen molar-refractivity contribution in [2.75, 3.05) is 20.3 Å². The van der Waals surface area contributed by atoms with Crippen LogP contribution in [0.4, 0.5) is 0 Å². The Morgan fingerprint density at radius 1 is 1.28 bits per heavy atom. The van der Waals surface area contributed by atoms with Crippen molar-refractivity contribution in [3.05, 3.63) is 29.3 Å². The fourth-order valence-corrected chi connectivity index (χ4v) is 1.75. The van der Waals surface area contributed by atoms with Crippen LogP contribution in [0.3, 0.4) is 0 Å². The molecule has 0 aliphatic heterocycles. The van der Waals surface area contributed by atoms with Crippen molar-refractivity contribution < 1.29 is 14.3 Å². The highest BCUT2D eigenvalue weighted by Crippen LogP contribution is 2.24. The van der Waals surface area contributed by atoms with E-state index in [2.05, 4.69) is 0 Å². The number of aryl methyl sites for hydroxylation is 1. The first kappa shape index (κ1) is 14.5. The molecule has 2 N–H and O–H groups in total. The molecular formula is C14H21NO3. The van der Waals surface area contributed by atoms with E-state index < -0.39 is 5.91 Å². The lowest BCUT2D eigenvalue weighted by Crippen LogP contribution is -2.14. The van der Waals surface area contributed by atoms with Gasteiger partial charge in [-0.25, -0.2) is 0 Å². The van der Waals surface area contributed by atoms with Crippen molar-refractivity contribution in [3.63, 3.8) is 0 Å². The van der Waals surface area contributed by atoms with Crippen LogP contribution in [0.5, 0.6) is 5.75 Å². The molecule has 0 aromatic heterocycles. The maximum absolute atomic E-state index is 11.3. The Labute approximate surface area is 108 Å². The van der Waals surface area contributed by atoms with Gasteiger partial charge in [-0.15, -0.1) is 0 Å². The summed E-state index contributed by atoms with van der Waals surface area (Å²) in [6, 6.07) is 5.49. The van der Waals surface area contributed by atoms with Crippen molar-refractivity contribution >= 4 is 5.91 Å². The summed E-state index contributed by atoms with van der Waals surface area (Å²) in [6.07, 6.45) is 2.65. The van der Waals surface area contributed by atoms with Gasteiger partial charge in [0.1, 0.15) is 5.75 Å². The molecule has 0 unspecified atom stereocenters. The molecule has 1 aromatic carbocycles. The summed E-state index contributed by atoms with van der Waals surface area (Å²) < 4.78 is 10.7. The molecule has 0 spiro atoms. The zero-order valence-corrected chi connectivity index (χ0v) is 11.1. The molecular weight excluding hydrogens is 230 g/mol. The van der Waals surface area contributed by atoms with Gasteiger partial charge in [-0.2, -0.15) is 0 Å². The molecule has 0 saturated heterocycles. The number of carbonyl (C=O) groups is 1. The smallest absolute Gasteiger partial charge is 0.252 e. The van der Waals surface area contributed by atoms with Gasteiger partial charge in [0.15, 0.2) is 0 Å². The largest absolute Gasteiger partial charge is 0.492 e. The molecule has 4 nitrogen and oxygen atoms in total. The van der Waals surface area contributed by atoms with E-state index in [1.807, 2.05) is 19.1 Å². The van der Waals surface area contributed by atoms with E-state index in [0.29, 0.717) is 17.9 Å². The van der Waals surface area contributed by atoms with E-state index in [1.54, 1.807) is 13.2 Å². The summed E-state index contributed by atoms with van der Waals surface area (Å²) in [4.78, 5) is 11.3. The number of ether oxygens (including phenoxy) is 2. The highest BCUT2D eigenvalue weighted by atomic mass is 16.5. The van der Waals surface area contributed by atoms with Crippen LogP contribution in [0.1, 0.15) is 35.7 Å². The van der Waals surface area contributed by atoms with Gasteiger partial charge in [0, 0.05) is 13.7 Å². The first-order chi connectivity index (χ1) is 8.70. The third-order valence-corrected chi connectivity index (χ3v) is 2.73. The van der Waals surface area contributed by atoms with E-state index in [4.69, 9.17) is 15.2 Å². The van der Waals surface area contributed by atoms with Crippen molar-refractivity contribution in [1.29, 1.82) is 0 Å². The minimum atomic E-state index is -0.447. The average molecular weight is 251 g/mol. The van der Waals surface area contributed by atoms with Crippen molar-refractivity contribution in [2.45, 2.75) is 26.2 Å². The highest BCUT2D eigenvalue weighted by molar-refractivity contribution is 5.96. The Kier molecular flexibility index (Phi) is 6.22. The van der Waals surface area contributed by atoms with E-state index >= 15 is 0 Å². The topological polar surface area (TPSA) is 61.6 Å².